The molecule has 244 valence electrons. The van der Waals surface area contributed by atoms with Crippen LogP contribution in [0.5, 0.6) is 0 Å². The number of alkyl carbamates (subject to hydrolysis) is 2. The molecule has 0 saturated heterocycles. The van der Waals surface area contributed by atoms with Gasteiger partial charge in [0.05, 0.1) is 22.5 Å². The molecule has 0 aliphatic carbocycles. The number of ether oxygens (including phenoxy) is 2. The van der Waals surface area contributed by atoms with Crippen LogP contribution in [0.3, 0.4) is 0 Å². The summed E-state index contributed by atoms with van der Waals surface area (Å²) in [6.45, 7) is 10.9. The largest absolute Gasteiger partial charge is 0.444 e. The lowest BCUT2D eigenvalue weighted by Gasteiger charge is -2.34. The molecular weight excluding hydrogens is 592 g/mol. The maximum absolute atomic E-state index is 13.8. The van der Waals surface area contributed by atoms with Crippen molar-refractivity contribution >= 4 is 29.4 Å². The third-order valence-electron chi connectivity index (χ3n) is 6.88. The summed E-state index contributed by atoms with van der Waals surface area (Å²) in [5.41, 5.74) is 2.16. The highest BCUT2D eigenvalue weighted by atomic mass is 32.1. The molecule has 0 radical (unpaired) electrons. The smallest absolute Gasteiger partial charge is 0.408 e. The van der Waals surface area contributed by atoms with E-state index in [1.165, 1.54) is 11.3 Å². The van der Waals surface area contributed by atoms with Crippen molar-refractivity contribution < 1.29 is 29.0 Å². The minimum Gasteiger partial charge on any atom is -0.444 e. The van der Waals surface area contributed by atoms with Crippen molar-refractivity contribution in [3.05, 3.63) is 88.4 Å². The summed E-state index contributed by atoms with van der Waals surface area (Å²) in [5, 5.41) is 20.3. The quantitative estimate of drug-likeness (QED) is 0.197. The van der Waals surface area contributed by atoms with Crippen molar-refractivity contribution in [3.8, 4) is 0 Å². The second kappa shape index (κ2) is 16.4. The van der Waals surface area contributed by atoms with E-state index in [-0.39, 0.29) is 13.0 Å². The van der Waals surface area contributed by atoms with Crippen LogP contribution in [0.15, 0.2) is 72.4 Å². The molecule has 0 saturated carbocycles. The Morgan fingerprint density at radius 2 is 1.44 bits per heavy atom. The van der Waals surface area contributed by atoms with E-state index in [1.54, 1.807) is 32.5 Å². The lowest BCUT2D eigenvalue weighted by molar-refractivity contribution is -0.127. The van der Waals surface area contributed by atoms with Gasteiger partial charge in [0.15, 0.2) is 0 Å². The van der Waals surface area contributed by atoms with Gasteiger partial charge in [-0.3, -0.25) is 9.78 Å². The molecule has 0 fully saturated rings. The molecule has 3 rings (SSSR count). The molecular formula is C34H46N4O6S. The Balaban J connectivity index is 1.79. The minimum atomic E-state index is -1.06. The van der Waals surface area contributed by atoms with E-state index < -0.39 is 53.3 Å². The molecule has 1 heterocycles. The molecule has 1 aromatic heterocycles. The predicted molar refractivity (Wildman–Crippen MR) is 175 cm³/mol. The summed E-state index contributed by atoms with van der Waals surface area (Å²) in [5.74, 6) is -0.461. The summed E-state index contributed by atoms with van der Waals surface area (Å²) in [7, 11) is 0. The Labute approximate surface area is 269 Å². The highest BCUT2D eigenvalue weighted by molar-refractivity contribution is 7.09. The summed E-state index contributed by atoms with van der Waals surface area (Å²) in [6, 6.07) is 17.0. The number of carbonyl (C=O) groups excluding carboxylic acids is 3. The van der Waals surface area contributed by atoms with Crippen molar-refractivity contribution in [3.63, 3.8) is 0 Å². The fourth-order valence-corrected chi connectivity index (χ4v) is 5.23. The number of aliphatic hydroxyl groups is 1. The van der Waals surface area contributed by atoms with E-state index in [4.69, 9.17) is 9.47 Å². The molecule has 0 bridgehead atoms. The molecule has 4 unspecified atom stereocenters. The molecule has 2 aromatic carbocycles. The van der Waals surface area contributed by atoms with Crippen LogP contribution >= 0.6 is 11.3 Å². The third-order valence-corrected chi connectivity index (χ3v) is 7.63. The molecule has 3 aromatic rings. The summed E-state index contributed by atoms with van der Waals surface area (Å²) >= 11 is 1.36. The van der Waals surface area contributed by atoms with Gasteiger partial charge in [0.2, 0.25) is 5.91 Å². The number of hydrogen-bond acceptors (Lipinski definition) is 8. The van der Waals surface area contributed by atoms with Crippen molar-refractivity contribution in [1.82, 2.24) is 20.9 Å². The number of hydrogen-bond donors (Lipinski definition) is 4. The maximum atomic E-state index is 13.8. The standard InChI is InChI=1S/C34H46N4O6S/c1-33(2,3)29(38-31(41)43-21-26-20-35-22-45-26)30(40)37-27(18-24-15-11-8-12-16-24)28(39)19-25(17-23-13-9-7-10-14-23)36-32(42)44-34(4,5)6/h7-16,20,22,25,27-29,39H,17-19,21H2,1-6H3,(H,36,42)(H,37,40)(H,38,41). The van der Waals surface area contributed by atoms with Gasteiger partial charge in [0.25, 0.3) is 0 Å². The van der Waals surface area contributed by atoms with Crippen molar-refractivity contribution in [2.75, 3.05) is 0 Å². The molecule has 0 aliphatic rings. The average molecular weight is 639 g/mol. The zero-order valence-corrected chi connectivity index (χ0v) is 27.7. The van der Waals surface area contributed by atoms with Gasteiger partial charge in [-0.1, -0.05) is 81.4 Å². The normalized spacial score (nSPS) is 14.4. The maximum Gasteiger partial charge on any atom is 0.408 e. The van der Waals surface area contributed by atoms with Crippen LogP contribution < -0.4 is 16.0 Å². The third kappa shape index (κ3) is 12.9. The molecule has 11 heteroatoms. The molecule has 3 amide bonds. The molecule has 0 aliphatic heterocycles. The zero-order valence-electron chi connectivity index (χ0n) is 26.9. The van der Waals surface area contributed by atoms with Gasteiger partial charge in [-0.2, -0.15) is 0 Å². The molecule has 45 heavy (non-hydrogen) atoms. The molecule has 10 nitrogen and oxygen atoms in total. The van der Waals surface area contributed by atoms with Gasteiger partial charge in [0.1, 0.15) is 18.2 Å². The Kier molecular flexibility index (Phi) is 12.9. The van der Waals surface area contributed by atoms with Crippen LogP contribution in [-0.4, -0.2) is 58.0 Å². The summed E-state index contributed by atoms with van der Waals surface area (Å²) < 4.78 is 10.8. The Hall–Kier alpha value is -3.96. The monoisotopic (exact) mass is 638 g/mol. The Bertz CT molecular complexity index is 1340. The van der Waals surface area contributed by atoms with Crippen LogP contribution in [-0.2, 0) is 33.7 Å². The fraction of sp³-hybridized carbons (Fsp3) is 0.471. The van der Waals surface area contributed by atoms with Crippen LogP contribution in [0, 0.1) is 5.41 Å². The van der Waals surface area contributed by atoms with Gasteiger partial charge >= 0.3 is 12.2 Å². The molecule has 0 spiro atoms. The number of aliphatic hydroxyl groups excluding tert-OH is 1. The first-order valence-electron chi connectivity index (χ1n) is 15.1. The fourth-order valence-electron chi connectivity index (χ4n) is 4.72. The second-order valence-corrected chi connectivity index (χ2v) is 14.1. The number of rotatable bonds is 13. The SMILES string of the molecule is CC(C)(C)OC(=O)NC(Cc1ccccc1)CC(O)C(Cc1ccccc1)NC(=O)C(NC(=O)OCc1cncs1)C(C)(C)C. The average Bonchev–Trinajstić information content (AvgIpc) is 3.47. The van der Waals surface area contributed by atoms with Crippen LogP contribution in [0.2, 0.25) is 0 Å². The number of nitrogens with zero attached hydrogens (tertiary/aromatic N) is 1. The van der Waals surface area contributed by atoms with Crippen LogP contribution in [0.4, 0.5) is 9.59 Å². The highest BCUT2D eigenvalue weighted by Gasteiger charge is 2.36. The van der Waals surface area contributed by atoms with Gasteiger partial charge in [-0.05, 0) is 56.6 Å². The van der Waals surface area contributed by atoms with Gasteiger partial charge in [0, 0.05) is 12.2 Å². The topological polar surface area (TPSA) is 139 Å². The number of aromatic nitrogens is 1. The number of thiazole rings is 1. The van der Waals surface area contributed by atoms with E-state index in [9.17, 15) is 19.5 Å². The molecule has 4 N–H and O–H groups in total. The van der Waals surface area contributed by atoms with E-state index in [0.29, 0.717) is 12.8 Å². The first-order chi connectivity index (χ1) is 21.2. The van der Waals surface area contributed by atoms with Gasteiger partial charge < -0.3 is 30.5 Å². The van der Waals surface area contributed by atoms with E-state index in [0.717, 1.165) is 16.0 Å². The highest BCUT2D eigenvalue weighted by Crippen LogP contribution is 2.22. The summed E-state index contributed by atoms with van der Waals surface area (Å²) in [4.78, 5) is 44.0. The lowest BCUT2D eigenvalue weighted by atomic mass is 9.85. The van der Waals surface area contributed by atoms with E-state index >= 15 is 0 Å². The second-order valence-electron chi connectivity index (χ2n) is 13.1. The van der Waals surface area contributed by atoms with Crippen molar-refractivity contribution in [1.29, 1.82) is 0 Å². The Morgan fingerprint density at radius 1 is 0.844 bits per heavy atom. The van der Waals surface area contributed by atoms with Crippen LogP contribution in [0.25, 0.3) is 0 Å². The first-order valence-corrected chi connectivity index (χ1v) is 15.9. The van der Waals surface area contributed by atoms with Gasteiger partial charge in [-0.25, -0.2) is 9.59 Å². The number of benzene rings is 2. The van der Waals surface area contributed by atoms with E-state index in [1.807, 2.05) is 81.4 Å². The van der Waals surface area contributed by atoms with Gasteiger partial charge in [-0.15, -0.1) is 11.3 Å². The summed E-state index contributed by atoms with van der Waals surface area (Å²) in [6.07, 6.45) is 0.139. The zero-order chi connectivity index (χ0) is 33.0. The first kappa shape index (κ1) is 35.5. The minimum absolute atomic E-state index is 0.0395. The van der Waals surface area contributed by atoms with Crippen molar-refractivity contribution in [2.24, 2.45) is 5.41 Å². The lowest BCUT2D eigenvalue weighted by Crippen LogP contribution is -2.58. The van der Waals surface area contributed by atoms with Crippen LogP contribution in [0.1, 0.15) is 64.0 Å². The number of carbonyl (C=O) groups is 3. The van der Waals surface area contributed by atoms with Crippen molar-refractivity contribution in [2.45, 2.75) is 97.2 Å². The Morgan fingerprint density at radius 3 is 1.98 bits per heavy atom. The van der Waals surface area contributed by atoms with E-state index in [2.05, 4.69) is 20.9 Å². The molecule has 4 atom stereocenters. The number of amides is 3. The number of nitrogens with one attached hydrogen (secondary N) is 3. The predicted octanol–water partition coefficient (Wildman–Crippen LogP) is 5.40.